The molecule has 3 heteroatoms. The fraction of sp³-hybridized carbons (Fsp3) is 0.269. The highest BCUT2D eigenvalue weighted by atomic mass is 35.5. The molecule has 0 bridgehead atoms. The Morgan fingerprint density at radius 1 is 0.793 bits per heavy atom. The molecule has 1 amide bonds. The molecular weight excluding hydrogens is 378 g/mol. The molecule has 3 atom stereocenters. The Kier molecular flexibility index (Phi) is 7.48. The molecule has 2 nitrogen and oxygen atoms in total. The van der Waals surface area contributed by atoms with Crippen molar-refractivity contribution in [1.29, 1.82) is 0 Å². The molecule has 0 aromatic heterocycles. The lowest BCUT2D eigenvalue weighted by Gasteiger charge is -2.27. The van der Waals surface area contributed by atoms with Crippen LogP contribution >= 0.6 is 11.6 Å². The van der Waals surface area contributed by atoms with E-state index in [0.717, 1.165) is 17.9 Å². The van der Waals surface area contributed by atoms with E-state index in [-0.39, 0.29) is 23.8 Å². The number of rotatable bonds is 8. The third kappa shape index (κ3) is 6.20. The van der Waals surface area contributed by atoms with Crippen molar-refractivity contribution in [3.63, 3.8) is 0 Å². The summed E-state index contributed by atoms with van der Waals surface area (Å²) < 4.78 is 0. The summed E-state index contributed by atoms with van der Waals surface area (Å²) in [6.07, 6.45) is 1.59. The van der Waals surface area contributed by atoms with Crippen molar-refractivity contribution in [3.05, 3.63) is 107 Å². The first-order chi connectivity index (χ1) is 14.0. The number of hydrogen-bond donors (Lipinski definition) is 1. The minimum Gasteiger partial charge on any atom is -0.353 e. The number of nitrogens with one attached hydrogen (secondary N) is 1. The fourth-order valence-corrected chi connectivity index (χ4v) is 3.81. The molecule has 0 radical (unpaired) electrons. The van der Waals surface area contributed by atoms with Gasteiger partial charge in [-0.1, -0.05) is 91.3 Å². The maximum Gasteiger partial charge on any atom is 0.223 e. The molecular formula is C26H28ClNO. The largest absolute Gasteiger partial charge is 0.353 e. The van der Waals surface area contributed by atoms with Gasteiger partial charge in [-0.25, -0.2) is 0 Å². The molecule has 0 heterocycles. The molecule has 0 aliphatic heterocycles. The third-order valence-corrected chi connectivity index (χ3v) is 5.65. The fourth-order valence-electron chi connectivity index (χ4n) is 3.69. The molecule has 3 aromatic carbocycles. The zero-order chi connectivity index (χ0) is 20.6. The van der Waals surface area contributed by atoms with Crippen LogP contribution in [0.4, 0.5) is 0 Å². The highest BCUT2D eigenvalue weighted by Crippen LogP contribution is 2.26. The van der Waals surface area contributed by atoms with Crippen molar-refractivity contribution in [2.24, 2.45) is 5.92 Å². The summed E-state index contributed by atoms with van der Waals surface area (Å²) in [5, 5.41) is 4.00. The van der Waals surface area contributed by atoms with Gasteiger partial charge in [0.25, 0.3) is 0 Å². The van der Waals surface area contributed by atoms with Gasteiger partial charge >= 0.3 is 0 Å². The smallest absolute Gasteiger partial charge is 0.223 e. The second kappa shape index (κ2) is 10.3. The summed E-state index contributed by atoms with van der Waals surface area (Å²) in [6.45, 7) is 4.09. The molecule has 0 aliphatic carbocycles. The zero-order valence-corrected chi connectivity index (χ0v) is 17.8. The standard InChI is InChI=1S/C26H28ClNO/c1-19(17-21-9-5-3-6-10-21)26(29)28-20(2)25(23-11-7-4-8-12-23)18-22-13-15-24(27)16-14-22/h3-16,19-20,25H,17-18H2,1-2H3,(H,28,29). The molecule has 29 heavy (non-hydrogen) atoms. The van der Waals surface area contributed by atoms with Crippen LogP contribution in [0.1, 0.15) is 36.5 Å². The van der Waals surface area contributed by atoms with Crippen molar-refractivity contribution in [2.45, 2.75) is 38.6 Å². The molecule has 0 spiro atoms. The van der Waals surface area contributed by atoms with Crippen LogP contribution in [-0.2, 0) is 17.6 Å². The van der Waals surface area contributed by atoms with Gasteiger partial charge in [-0.2, -0.15) is 0 Å². The minimum absolute atomic E-state index is 0.0128. The highest BCUT2D eigenvalue weighted by Gasteiger charge is 2.23. The monoisotopic (exact) mass is 405 g/mol. The minimum atomic E-state index is -0.0770. The Hall–Kier alpha value is -2.58. The van der Waals surface area contributed by atoms with E-state index < -0.39 is 0 Å². The number of carbonyl (C=O) groups excluding carboxylic acids is 1. The number of halogens is 1. The first kappa shape index (κ1) is 21.1. The Balaban J connectivity index is 1.71. The summed E-state index contributed by atoms with van der Waals surface area (Å²) in [4.78, 5) is 12.9. The lowest BCUT2D eigenvalue weighted by atomic mass is 9.86. The van der Waals surface area contributed by atoms with Crippen molar-refractivity contribution in [3.8, 4) is 0 Å². The van der Waals surface area contributed by atoms with Crippen molar-refractivity contribution < 1.29 is 4.79 Å². The van der Waals surface area contributed by atoms with Gasteiger partial charge in [0, 0.05) is 22.9 Å². The maximum absolute atomic E-state index is 12.9. The van der Waals surface area contributed by atoms with Crippen LogP contribution < -0.4 is 5.32 Å². The van der Waals surface area contributed by atoms with E-state index in [1.807, 2.05) is 43.3 Å². The average Bonchev–Trinajstić information content (AvgIpc) is 2.74. The Bertz CT molecular complexity index is 893. The molecule has 0 aliphatic rings. The molecule has 0 saturated carbocycles. The lowest BCUT2D eigenvalue weighted by Crippen LogP contribution is -2.41. The second-order valence-electron chi connectivity index (χ2n) is 7.74. The third-order valence-electron chi connectivity index (χ3n) is 5.40. The highest BCUT2D eigenvalue weighted by molar-refractivity contribution is 6.30. The maximum atomic E-state index is 12.9. The Labute approximate surface area is 178 Å². The SMILES string of the molecule is CC(Cc1ccccc1)C(=O)NC(C)C(Cc1ccc(Cl)cc1)c1ccccc1. The van der Waals surface area contributed by atoms with Crippen molar-refractivity contribution in [2.75, 3.05) is 0 Å². The summed E-state index contributed by atoms with van der Waals surface area (Å²) in [6, 6.07) is 28.5. The molecule has 3 aromatic rings. The summed E-state index contributed by atoms with van der Waals surface area (Å²) in [5.74, 6) is 0.204. The van der Waals surface area contributed by atoms with Gasteiger partial charge in [0.2, 0.25) is 5.91 Å². The summed E-state index contributed by atoms with van der Waals surface area (Å²) in [7, 11) is 0. The molecule has 3 unspecified atom stereocenters. The van der Waals surface area contributed by atoms with Gasteiger partial charge in [0.1, 0.15) is 0 Å². The molecule has 1 N–H and O–H groups in total. The van der Waals surface area contributed by atoms with Crippen LogP contribution in [0, 0.1) is 5.92 Å². The average molecular weight is 406 g/mol. The van der Waals surface area contributed by atoms with Gasteiger partial charge in [-0.05, 0) is 48.6 Å². The van der Waals surface area contributed by atoms with Gasteiger partial charge < -0.3 is 5.32 Å². The Morgan fingerprint density at radius 2 is 1.34 bits per heavy atom. The topological polar surface area (TPSA) is 29.1 Å². The summed E-state index contributed by atoms with van der Waals surface area (Å²) in [5.41, 5.74) is 3.62. The van der Waals surface area contributed by atoms with E-state index in [4.69, 9.17) is 11.6 Å². The molecule has 3 rings (SSSR count). The van der Waals surface area contributed by atoms with Crippen LogP contribution in [0.25, 0.3) is 0 Å². The predicted molar refractivity (Wildman–Crippen MR) is 121 cm³/mol. The van der Waals surface area contributed by atoms with Crippen molar-refractivity contribution in [1.82, 2.24) is 5.32 Å². The number of carbonyl (C=O) groups is 1. The number of amides is 1. The van der Waals surface area contributed by atoms with Gasteiger partial charge in [0.05, 0.1) is 0 Å². The van der Waals surface area contributed by atoms with E-state index in [2.05, 4.69) is 60.8 Å². The predicted octanol–water partition coefficient (Wildman–Crippen LogP) is 6.05. The van der Waals surface area contributed by atoms with Crippen LogP contribution in [0.15, 0.2) is 84.9 Å². The Morgan fingerprint density at radius 3 is 1.97 bits per heavy atom. The lowest BCUT2D eigenvalue weighted by molar-refractivity contribution is -0.125. The quantitative estimate of drug-likeness (QED) is 0.485. The van der Waals surface area contributed by atoms with Gasteiger partial charge in [0.15, 0.2) is 0 Å². The molecule has 0 saturated heterocycles. The van der Waals surface area contributed by atoms with Crippen LogP contribution in [-0.4, -0.2) is 11.9 Å². The molecule has 150 valence electrons. The van der Waals surface area contributed by atoms with Crippen LogP contribution in [0.2, 0.25) is 5.02 Å². The second-order valence-corrected chi connectivity index (χ2v) is 8.17. The number of hydrogen-bond acceptors (Lipinski definition) is 1. The normalized spacial score (nSPS) is 14.0. The van der Waals surface area contributed by atoms with E-state index >= 15 is 0 Å². The van der Waals surface area contributed by atoms with E-state index in [1.165, 1.54) is 16.7 Å². The zero-order valence-electron chi connectivity index (χ0n) is 17.0. The first-order valence-electron chi connectivity index (χ1n) is 10.2. The van der Waals surface area contributed by atoms with E-state index in [0.29, 0.717) is 0 Å². The van der Waals surface area contributed by atoms with E-state index in [1.54, 1.807) is 0 Å². The number of benzene rings is 3. The first-order valence-corrected chi connectivity index (χ1v) is 10.5. The van der Waals surface area contributed by atoms with Crippen LogP contribution in [0.5, 0.6) is 0 Å². The van der Waals surface area contributed by atoms with E-state index in [9.17, 15) is 4.79 Å². The van der Waals surface area contributed by atoms with Crippen LogP contribution in [0.3, 0.4) is 0 Å². The molecule has 0 fully saturated rings. The summed E-state index contributed by atoms with van der Waals surface area (Å²) >= 11 is 6.04. The van der Waals surface area contributed by atoms with Crippen molar-refractivity contribution >= 4 is 17.5 Å². The van der Waals surface area contributed by atoms with Gasteiger partial charge in [-0.3, -0.25) is 4.79 Å². The van der Waals surface area contributed by atoms with Gasteiger partial charge in [-0.15, -0.1) is 0 Å².